The minimum Gasteiger partial charge on any atom is -0.386 e. The monoisotopic (exact) mass is 185 g/mol. The predicted molar refractivity (Wildman–Crippen MR) is 58.1 cm³/mol. The molecule has 0 fully saturated rings. The summed E-state index contributed by atoms with van der Waals surface area (Å²) in [7, 11) is 2.03. The van der Waals surface area contributed by atoms with Crippen LogP contribution < -0.4 is 5.73 Å². The molecule has 0 heterocycles. The van der Waals surface area contributed by atoms with Crippen molar-refractivity contribution in [2.24, 2.45) is 11.1 Å². The molecule has 1 unspecified atom stereocenters. The molecule has 78 valence electrons. The average molecular weight is 185 g/mol. The summed E-state index contributed by atoms with van der Waals surface area (Å²) >= 11 is 0. The molecule has 3 heteroatoms. The van der Waals surface area contributed by atoms with Crippen LogP contribution in [0.2, 0.25) is 0 Å². The van der Waals surface area contributed by atoms with Crippen molar-refractivity contribution in [3.63, 3.8) is 0 Å². The fourth-order valence-corrected chi connectivity index (χ4v) is 1.63. The smallest absolute Gasteiger partial charge is 0.108 e. The van der Waals surface area contributed by atoms with Crippen LogP contribution in [0.5, 0.6) is 0 Å². The van der Waals surface area contributed by atoms with Crippen LogP contribution in [0.1, 0.15) is 34.1 Å². The van der Waals surface area contributed by atoms with E-state index in [1.807, 2.05) is 7.05 Å². The molecule has 0 aromatic rings. The molecule has 0 aliphatic carbocycles. The molecule has 3 nitrogen and oxygen atoms in total. The maximum Gasteiger partial charge on any atom is 0.108 e. The second-order valence-corrected chi connectivity index (χ2v) is 4.86. The van der Waals surface area contributed by atoms with Crippen molar-refractivity contribution in [3.05, 3.63) is 0 Å². The molecule has 0 radical (unpaired) electrons. The number of nitrogens with two attached hydrogens (primary N) is 1. The van der Waals surface area contributed by atoms with Gasteiger partial charge in [-0.15, -0.1) is 0 Å². The normalized spacial score (nSPS) is 14.6. The Morgan fingerprint density at radius 3 is 2.15 bits per heavy atom. The molecule has 0 aromatic heterocycles. The van der Waals surface area contributed by atoms with E-state index in [1.54, 1.807) is 0 Å². The number of amidine groups is 1. The average Bonchev–Trinajstić information content (AvgIpc) is 1.82. The molecule has 0 aromatic carbocycles. The summed E-state index contributed by atoms with van der Waals surface area (Å²) in [5, 5.41) is 7.43. The number of nitrogens with zero attached hydrogens (tertiary/aromatic N) is 1. The van der Waals surface area contributed by atoms with E-state index in [0.29, 0.717) is 0 Å². The lowest BCUT2D eigenvalue weighted by atomic mass is 9.95. The molecule has 0 aliphatic heterocycles. The first-order chi connectivity index (χ1) is 5.78. The molecular weight excluding hydrogens is 162 g/mol. The third-order valence-corrected chi connectivity index (χ3v) is 2.00. The first-order valence-electron chi connectivity index (χ1n) is 4.82. The first-order valence-corrected chi connectivity index (χ1v) is 4.82. The SMILES string of the molecule is CCC(C(=N)N)N(C)CC(C)(C)C. The third-order valence-electron chi connectivity index (χ3n) is 2.00. The van der Waals surface area contributed by atoms with Crippen LogP contribution in [-0.2, 0) is 0 Å². The number of likely N-dealkylation sites (N-methyl/N-ethyl adjacent to an activating group) is 1. The van der Waals surface area contributed by atoms with Crippen molar-refractivity contribution >= 4 is 5.84 Å². The summed E-state index contributed by atoms with van der Waals surface area (Å²) in [5.74, 6) is 0.272. The number of hydrogen-bond donors (Lipinski definition) is 2. The molecule has 3 N–H and O–H groups in total. The first kappa shape index (κ1) is 12.4. The fraction of sp³-hybridized carbons (Fsp3) is 0.900. The molecule has 0 spiro atoms. The van der Waals surface area contributed by atoms with Gasteiger partial charge in [-0.25, -0.2) is 0 Å². The van der Waals surface area contributed by atoms with E-state index in [-0.39, 0.29) is 17.3 Å². The highest BCUT2D eigenvalue weighted by molar-refractivity contribution is 5.82. The summed E-state index contributed by atoms with van der Waals surface area (Å²) < 4.78 is 0. The Morgan fingerprint density at radius 1 is 1.46 bits per heavy atom. The largest absolute Gasteiger partial charge is 0.386 e. The molecule has 0 saturated heterocycles. The quantitative estimate of drug-likeness (QED) is 0.517. The van der Waals surface area contributed by atoms with Gasteiger partial charge >= 0.3 is 0 Å². The zero-order valence-corrected chi connectivity index (χ0v) is 9.52. The van der Waals surface area contributed by atoms with Crippen molar-refractivity contribution in [3.8, 4) is 0 Å². The summed E-state index contributed by atoms with van der Waals surface area (Å²) in [6.45, 7) is 9.60. The van der Waals surface area contributed by atoms with Crippen LogP contribution in [0.25, 0.3) is 0 Å². The molecule has 13 heavy (non-hydrogen) atoms. The van der Waals surface area contributed by atoms with Gasteiger partial charge < -0.3 is 5.73 Å². The molecule has 0 bridgehead atoms. The Morgan fingerprint density at radius 2 is 1.92 bits per heavy atom. The predicted octanol–water partition coefficient (Wildman–Crippen LogP) is 1.68. The Balaban J connectivity index is 4.22. The van der Waals surface area contributed by atoms with Crippen molar-refractivity contribution in [1.29, 1.82) is 5.41 Å². The minimum absolute atomic E-state index is 0.0965. The van der Waals surface area contributed by atoms with Crippen LogP contribution in [0, 0.1) is 10.8 Å². The summed E-state index contributed by atoms with van der Waals surface area (Å²) in [6.07, 6.45) is 0.905. The van der Waals surface area contributed by atoms with Crippen molar-refractivity contribution in [2.45, 2.75) is 40.2 Å². The van der Waals surface area contributed by atoms with E-state index in [4.69, 9.17) is 11.1 Å². The van der Waals surface area contributed by atoms with Gasteiger partial charge in [0.05, 0.1) is 6.04 Å². The van der Waals surface area contributed by atoms with E-state index in [1.165, 1.54) is 0 Å². The number of nitrogens with one attached hydrogen (secondary N) is 1. The molecule has 0 amide bonds. The van der Waals surface area contributed by atoms with Gasteiger partial charge in [0.15, 0.2) is 0 Å². The van der Waals surface area contributed by atoms with Crippen LogP contribution in [0.3, 0.4) is 0 Å². The van der Waals surface area contributed by atoms with Crippen LogP contribution >= 0.6 is 0 Å². The van der Waals surface area contributed by atoms with Crippen molar-refractivity contribution in [1.82, 2.24) is 4.90 Å². The topological polar surface area (TPSA) is 53.1 Å². The van der Waals surface area contributed by atoms with Crippen LogP contribution in [0.4, 0.5) is 0 Å². The Labute approximate surface area is 81.8 Å². The Kier molecular flexibility index (Phi) is 4.40. The van der Waals surface area contributed by atoms with Gasteiger partial charge in [-0.05, 0) is 18.9 Å². The van der Waals surface area contributed by atoms with E-state index in [0.717, 1.165) is 13.0 Å². The lowest BCUT2D eigenvalue weighted by molar-refractivity contribution is 0.201. The van der Waals surface area contributed by atoms with Gasteiger partial charge in [0.25, 0.3) is 0 Å². The number of rotatable bonds is 4. The van der Waals surface area contributed by atoms with Gasteiger partial charge in [0.2, 0.25) is 0 Å². The van der Waals surface area contributed by atoms with Gasteiger partial charge in [0, 0.05) is 6.54 Å². The second-order valence-electron chi connectivity index (χ2n) is 4.86. The summed E-state index contributed by atoms with van der Waals surface area (Å²) in [5.41, 5.74) is 5.77. The van der Waals surface area contributed by atoms with Crippen molar-refractivity contribution < 1.29 is 0 Å². The Bertz CT molecular complexity index is 169. The summed E-state index contributed by atoms with van der Waals surface area (Å²) in [4.78, 5) is 2.16. The second kappa shape index (κ2) is 4.61. The van der Waals surface area contributed by atoms with Gasteiger partial charge in [-0.2, -0.15) is 0 Å². The van der Waals surface area contributed by atoms with Crippen LogP contribution in [-0.4, -0.2) is 30.4 Å². The lowest BCUT2D eigenvalue weighted by Gasteiger charge is -2.32. The number of hydrogen-bond acceptors (Lipinski definition) is 2. The highest BCUT2D eigenvalue weighted by Gasteiger charge is 2.20. The maximum absolute atomic E-state index is 7.43. The van der Waals surface area contributed by atoms with E-state index in [2.05, 4.69) is 32.6 Å². The minimum atomic E-state index is 0.0965. The third kappa shape index (κ3) is 4.88. The van der Waals surface area contributed by atoms with Gasteiger partial charge in [-0.1, -0.05) is 27.7 Å². The highest BCUT2D eigenvalue weighted by Crippen LogP contribution is 2.16. The lowest BCUT2D eigenvalue weighted by Crippen LogP contribution is -2.44. The van der Waals surface area contributed by atoms with Gasteiger partial charge in [-0.3, -0.25) is 10.3 Å². The highest BCUT2D eigenvalue weighted by atomic mass is 15.2. The zero-order chi connectivity index (χ0) is 10.6. The summed E-state index contributed by atoms with van der Waals surface area (Å²) in [6, 6.07) is 0.0965. The molecule has 0 aliphatic rings. The molecule has 0 rings (SSSR count). The zero-order valence-electron chi connectivity index (χ0n) is 9.52. The van der Waals surface area contributed by atoms with E-state index >= 15 is 0 Å². The Hall–Kier alpha value is -0.570. The maximum atomic E-state index is 7.43. The standard InChI is InChI=1S/C10H23N3/c1-6-8(9(11)12)13(5)7-10(2,3)4/h8H,6-7H2,1-5H3,(H3,11,12). The van der Waals surface area contributed by atoms with Crippen LogP contribution in [0.15, 0.2) is 0 Å². The molecular formula is C10H23N3. The fourth-order valence-electron chi connectivity index (χ4n) is 1.63. The van der Waals surface area contributed by atoms with E-state index < -0.39 is 0 Å². The van der Waals surface area contributed by atoms with Crippen molar-refractivity contribution in [2.75, 3.05) is 13.6 Å². The molecule has 1 atom stereocenters. The molecule has 0 saturated carbocycles. The van der Waals surface area contributed by atoms with E-state index in [9.17, 15) is 0 Å². The van der Waals surface area contributed by atoms with Gasteiger partial charge in [0.1, 0.15) is 5.84 Å².